The summed E-state index contributed by atoms with van der Waals surface area (Å²) >= 11 is 0. The molecule has 5 heteroatoms. The van der Waals surface area contributed by atoms with Crippen molar-refractivity contribution in [3.63, 3.8) is 0 Å². The number of hydrogen-bond acceptors (Lipinski definition) is 4. The molecule has 1 aromatic carbocycles. The van der Waals surface area contributed by atoms with Gasteiger partial charge >= 0.3 is 5.97 Å². The number of benzene rings is 1. The first-order valence-corrected chi connectivity index (χ1v) is 7.06. The molecule has 110 valence electrons. The highest BCUT2D eigenvalue weighted by molar-refractivity contribution is 5.73. The van der Waals surface area contributed by atoms with Gasteiger partial charge in [-0.1, -0.05) is 0 Å². The van der Waals surface area contributed by atoms with E-state index in [1.165, 1.54) is 0 Å². The summed E-state index contributed by atoms with van der Waals surface area (Å²) in [6.07, 6.45) is 1.54. The molecule has 0 saturated carbocycles. The molecule has 0 spiro atoms. The largest absolute Gasteiger partial charge is 0.494 e. The normalized spacial score (nSPS) is 19.9. The smallest absolute Gasteiger partial charge is 0.320 e. The van der Waals surface area contributed by atoms with Crippen LogP contribution in [0.25, 0.3) is 0 Å². The number of carbonyl (C=O) groups is 1. The fraction of sp³-hybridized carbons (Fsp3) is 0.533. The molecule has 2 atom stereocenters. The van der Waals surface area contributed by atoms with Crippen LogP contribution in [0.5, 0.6) is 5.75 Å². The zero-order valence-electron chi connectivity index (χ0n) is 11.8. The van der Waals surface area contributed by atoms with Gasteiger partial charge < -0.3 is 20.5 Å². The van der Waals surface area contributed by atoms with E-state index >= 15 is 0 Å². The van der Waals surface area contributed by atoms with E-state index in [1.807, 2.05) is 31.2 Å². The molecule has 1 heterocycles. The summed E-state index contributed by atoms with van der Waals surface area (Å²) in [6.45, 7) is 4.45. The van der Waals surface area contributed by atoms with Gasteiger partial charge in [0.15, 0.2) is 0 Å². The predicted octanol–water partition coefficient (Wildman–Crippen LogP) is 1.71. The Morgan fingerprint density at radius 3 is 2.80 bits per heavy atom. The second kappa shape index (κ2) is 6.61. The fourth-order valence-electron chi connectivity index (χ4n) is 2.64. The number of anilines is 1. The van der Waals surface area contributed by atoms with Gasteiger partial charge in [-0.3, -0.25) is 4.79 Å². The number of carboxylic acid groups (broad SMARTS) is 1. The van der Waals surface area contributed by atoms with Gasteiger partial charge in [-0.2, -0.15) is 0 Å². The van der Waals surface area contributed by atoms with Gasteiger partial charge in [0.25, 0.3) is 0 Å². The zero-order valence-corrected chi connectivity index (χ0v) is 11.8. The molecular formula is C15H22N2O3. The zero-order chi connectivity index (χ0) is 14.5. The van der Waals surface area contributed by atoms with E-state index < -0.39 is 12.0 Å². The average molecular weight is 278 g/mol. The Labute approximate surface area is 119 Å². The van der Waals surface area contributed by atoms with Gasteiger partial charge in [0.1, 0.15) is 11.8 Å². The van der Waals surface area contributed by atoms with Crippen LogP contribution in [0.1, 0.15) is 19.8 Å². The van der Waals surface area contributed by atoms with Crippen LogP contribution in [0.2, 0.25) is 0 Å². The third kappa shape index (κ3) is 3.63. The standard InChI is InChI=1S/C15H22N2O3/c1-2-20-13-5-3-12(4-6-13)17-8-7-11(10-17)9-14(16)15(18)19/h3-6,11,14H,2,7-10,16H2,1H3,(H,18,19). The molecule has 1 aliphatic heterocycles. The molecular weight excluding hydrogens is 256 g/mol. The van der Waals surface area contributed by atoms with E-state index in [0.717, 1.165) is 30.9 Å². The molecule has 5 nitrogen and oxygen atoms in total. The van der Waals surface area contributed by atoms with Crippen molar-refractivity contribution in [3.8, 4) is 5.75 Å². The number of rotatable bonds is 6. The highest BCUT2D eigenvalue weighted by Crippen LogP contribution is 2.27. The first-order valence-electron chi connectivity index (χ1n) is 7.06. The number of aliphatic carboxylic acids is 1. The van der Waals surface area contributed by atoms with Crippen molar-refractivity contribution in [2.45, 2.75) is 25.8 Å². The van der Waals surface area contributed by atoms with Crippen molar-refractivity contribution in [1.29, 1.82) is 0 Å². The topological polar surface area (TPSA) is 75.8 Å². The summed E-state index contributed by atoms with van der Waals surface area (Å²) in [7, 11) is 0. The first kappa shape index (κ1) is 14.7. The summed E-state index contributed by atoms with van der Waals surface area (Å²) in [5, 5.41) is 8.85. The van der Waals surface area contributed by atoms with Crippen LogP contribution in [-0.4, -0.2) is 36.8 Å². The van der Waals surface area contributed by atoms with E-state index in [-0.39, 0.29) is 0 Å². The van der Waals surface area contributed by atoms with E-state index in [1.54, 1.807) is 0 Å². The molecule has 0 bridgehead atoms. The van der Waals surface area contributed by atoms with E-state index in [9.17, 15) is 4.79 Å². The molecule has 1 aromatic rings. The summed E-state index contributed by atoms with van der Waals surface area (Å²) < 4.78 is 5.42. The van der Waals surface area contributed by atoms with Crippen LogP contribution < -0.4 is 15.4 Å². The number of nitrogens with zero attached hydrogens (tertiary/aromatic N) is 1. The molecule has 20 heavy (non-hydrogen) atoms. The average Bonchev–Trinajstić information content (AvgIpc) is 2.88. The minimum Gasteiger partial charge on any atom is -0.494 e. The van der Waals surface area contributed by atoms with Gasteiger partial charge in [-0.05, 0) is 49.9 Å². The maximum absolute atomic E-state index is 10.8. The molecule has 1 fully saturated rings. The molecule has 0 amide bonds. The van der Waals surface area contributed by atoms with Crippen LogP contribution in [0.4, 0.5) is 5.69 Å². The quantitative estimate of drug-likeness (QED) is 0.828. The summed E-state index contributed by atoms with van der Waals surface area (Å²) in [5.74, 6) is 0.317. The summed E-state index contributed by atoms with van der Waals surface area (Å²) in [4.78, 5) is 13.1. The summed E-state index contributed by atoms with van der Waals surface area (Å²) in [5.41, 5.74) is 6.75. The van der Waals surface area contributed by atoms with Crippen LogP contribution in [0.3, 0.4) is 0 Å². The minimum absolute atomic E-state index is 0.354. The maximum Gasteiger partial charge on any atom is 0.320 e. The van der Waals surface area contributed by atoms with Crippen LogP contribution >= 0.6 is 0 Å². The van der Waals surface area contributed by atoms with Crippen molar-refractivity contribution in [2.24, 2.45) is 11.7 Å². The minimum atomic E-state index is -0.912. The summed E-state index contributed by atoms with van der Waals surface area (Å²) in [6, 6.07) is 7.28. The number of ether oxygens (including phenoxy) is 1. The maximum atomic E-state index is 10.8. The lowest BCUT2D eigenvalue weighted by Crippen LogP contribution is -2.33. The van der Waals surface area contributed by atoms with Gasteiger partial charge in [-0.25, -0.2) is 0 Å². The Balaban J connectivity index is 1.90. The Hall–Kier alpha value is -1.75. The number of carboxylic acids is 1. The lowest BCUT2D eigenvalue weighted by Gasteiger charge is -2.19. The lowest BCUT2D eigenvalue weighted by molar-refractivity contribution is -0.138. The van der Waals surface area contributed by atoms with Crippen molar-refractivity contribution < 1.29 is 14.6 Å². The van der Waals surface area contributed by atoms with E-state index in [0.29, 0.717) is 18.9 Å². The molecule has 0 aromatic heterocycles. The van der Waals surface area contributed by atoms with Gasteiger partial charge in [0.2, 0.25) is 0 Å². The van der Waals surface area contributed by atoms with Crippen molar-refractivity contribution >= 4 is 11.7 Å². The second-order valence-corrected chi connectivity index (χ2v) is 5.21. The monoisotopic (exact) mass is 278 g/mol. The van der Waals surface area contributed by atoms with E-state index in [2.05, 4.69) is 4.90 Å². The number of hydrogen-bond donors (Lipinski definition) is 2. The Morgan fingerprint density at radius 1 is 1.50 bits per heavy atom. The highest BCUT2D eigenvalue weighted by Gasteiger charge is 2.26. The molecule has 1 saturated heterocycles. The Kier molecular flexibility index (Phi) is 4.84. The molecule has 3 N–H and O–H groups in total. The second-order valence-electron chi connectivity index (χ2n) is 5.21. The van der Waals surface area contributed by atoms with Gasteiger partial charge in [-0.15, -0.1) is 0 Å². The Morgan fingerprint density at radius 2 is 2.20 bits per heavy atom. The van der Waals surface area contributed by atoms with Crippen molar-refractivity contribution in [2.75, 3.05) is 24.6 Å². The fourth-order valence-corrected chi connectivity index (χ4v) is 2.64. The molecule has 2 rings (SSSR count). The van der Waals surface area contributed by atoms with Gasteiger partial charge in [0, 0.05) is 18.8 Å². The van der Waals surface area contributed by atoms with Crippen molar-refractivity contribution in [1.82, 2.24) is 0 Å². The third-order valence-corrected chi connectivity index (χ3v) is 3.70. The first-order chi connectivity index (χ1) is 9.60. The number of nitrogens with two attached hydrogens (primary N) is 1. The van der Waals surface area contributed by atoms with Gasteiger partial charge in [0.05, 0.1) is 6.61 Å². The Bertz CT molecular complexity index is 447. The lowest BCUT2D eigenvalue weighted by atomic mass is 10.00. The van der Waals surface area contributed by atoms with Crippen molar-refractivity contribution in [3.05, 3.63) is 24.3 Å². The highest BCUT2D eigenvalue weighted by atomic mass is 16.5. The van der Waals surface area contributed by atoms with Crippen LogP contribution in [0, 0.1) is 5.92 Å². The van der Waals surface area contributed by atoms with Crippen LogP contribution in [-0.2, 0) is 4.79 Å². The third-order valence-electron chi connectivity index (χ3n) is 3.70. The molecule has 0 radical (unpaired) electrons. The SMILES string of the molecule is CCOc1ccc(N2CCC(CC(N)C(=O)O)C2)cc1. The molecule has 0 aliphatic carbocycles. The molecule has 2 unspecified atom stereocenters. The van der Waals surface area contributed by atoms with Crippen LogP contribution in [0.15, 0.2) is 24.3 Å². The molecule has 1 aliphatic rings. The van der Waals surface area contributed by atoms with E-state index in [4.69, 9.17) is 15.6 Å². The predicted molar refractivity (Wildman–Crippen MR) is 78.2 cm³/mol.